The molecule has 0 spiro atoms. The van der Waals surface area contributed by atoms with Crippen LogP contribution >= 0.6 is 0 Å². The minimum Gasteiger partial charge on any atom is -0.444 e. The van der Waals surface area contributed by atoms with E-state index in [0.29, 0.717) is 0 Å². The van der Waals surface area contributed by atoms with Gasteiger partial charge in [-0.25, -0.2) is 4.79 Å². The third-order valence-electron chi connectivity index (χ3n) is 3.38. The fraction of sp³-hybridized carbons (Fsp3) is 0.562. The molecular formula is C16H24N2O2. The zero-order valence-electron chi connectivity index (χ0n) is 12.7. The van der Waals surface area contributed by atoms with Gasteiger partial charge in [-0.15, -0.1) is 0 Å². The van der Waals surface area contributed by atoms with Crippen molar-refractivity contribution in [2.75, 3.05) is 13.1 Å². The predicted molar refractivity (Wildman–Crippen MR) is 79.6 cm³/mol. The summed E-state index contributed by atoms with van der Waals surface area (Å²) in [5.74, 6) is 0. The van der Waals surface area contributed by atoms with E-state index in [1.807, 2.05) is 50.8 Å². The summed E-state index contributed by atoms with van der Waals surface area (Å²) in [6.07, 6.45) is -0.236. The zero-order chi connectivity index (χ0) is 14.8. The van der Waals surface area contributed by atoms with Crippen molar-refractivity contribution in [1.82, 2.24) is 10.2 Å². The number of rotatable bonds is 1. The number of hydrogen-bond donors (Lipinski definition) is 1. The molecule has 0 saturated carbocycles. The van der Waals surface area contributed by atoms with E-state index in [-0.39, 0.29) is 18.2 Å². The second-order valence-corrected chi connectivity index (χ2v) is 6.32. The van der Waals surface area contributed by atoms with Crippen LogP contribution in [-0.4, -0.2) is 35.7 Å². The maximum atomic E-state index is 12.5. The first-order valence-electron chi connectivity index (χ1n) is 7.15. The summed E-state index contributed by atoms with van der Waals surface area (Å²) in [5, 5.41) is 3.38. The molecule has 2 atom stereocenters. The monoisotopic (exact) mass is 276 g/mol. The number of nitrogens with one attached hydrogen (secondary N) is 1. The molecule has 20 heavy (non-hydrogen) atoms. The molecule has 0 bridgehead atoms. The predicted octanol–water partition coefficient (Wildman–Crippen LogP) is 2.96. The van der Waals surface area contributed by atoms with Crippen molar-refractivity contribution in [1.29, 1.82) is 0 Å². The van der Waals surface area contributed by atoms with Crippen LogP contribution in [0.3, 0.4) is 0 Å². The lowest BCUT2D eigenvalue weighted by atomic mass is 10.0. The lowest BCUT2D eigenvalue weighted by Gasteiger charge is -2.41. The smallest absolute Gasteiger partial charge is 0.411 e. The van der Waals surface area contributed by atoms with Gasteiger partial charge in [0.25, 0.3) is 0 Å². The molecule has 1 aromatic carbocycles. The van der Waals surface area contributed by atoms with Crippen molar-refractivity contribution in [3.63, 3.8) is 0 Å². The minimum atomic E-state index is -0.469. The number of ether oxygens (including phenoxy) is 1. The Kier molecular flexibility index (Phi) is 4.33. The van der Waals surface area contributed by atoms with Crippen molar-refractivity contribution in [2.24, 2.45) is 0 Å². The first-order chi connectivity index (χ1) is 9.38. The van der Waals surface area contributed by atoms with Crippen LogP contribution in [0.2, 0.25) is 0 Å². The molecule has 1 saturated heterocycles. The van der Waals surface area contributed by atoms with Gasteiger partial charge in [-0.2, -0.15) is 0 Å². The third kappa shape index (κ3) is 3.51. The second kappa shape index (κ2) is 5.83. The number of carbonyl (C=O) groups is 1. The van der Waals surface area contributed by atoms with Gasteiger partial charge in [-0.1, -0.05) is 30.3 Å². The molecule has 1 aliphatic heterocycles. The van der Waals surface area contributed by atoms with Crippen molar-refractivity contribution in [3.8, 4) is 0 Å². The average Bonchev–Trinajstić information content (AvgIpc) is 2.37. The quantitative estimate of drug-likeness (QED) is 0.857. The second-order valence-electron chi connectivity index (χ2n) is 6.32. The Labute approximate surface area is 121 Å². The van der Waals surface area contributed by atoms with Crippen LogP contribution in [0.4, 0.5) is 4.79 Å². The highest BCUT2D eigenvalue weighted by atomic mass is 16.6. The van der Waals surface area contributed by atoms with E-state index < -0.39 is 5.60 Å². The molecule has 4 nitrogen and oxygen atoms in total. The molecule has 4 heteroatoms. The fourth-order valence-corrected chi connectivity index (χ4v) is 2.51. The number of nitrogens with zero attached hydrogens (tertiary/aromatic N) is 1. The topological polar surface area (TPSA) is 41.6 Å². The summed E-state index contributed by atoms with van der Waals surface area (Å²) in [7, 11) is 0. The Morgan fingerprint density at radius 2 is 1.90 bits per heavy atom. The van der Waals surface area contributed by atoms with Gasteiger partial charge in [0.05, 0.1) is 6.04 Å². The van der Waals surface area contributed by atoms with Crippen molar-refractivity contribution in [3.05, 3.63) is 35.9 Å². The van der Waals surface area contributed by atoms with Crippen molar-refractivity contribution in [2.45, 2.75) is 45.4 Å². The van der Waals surface area contributed by atoms with Gasteiger partial charge < -0.3 is 10.1 Å². The molecule has 1 aliphatic rings. The van der Waals surface area contributed by atoms with Crippen LogP contribution in [-0.2, 0) is 4.74 Å². The van der Waals surface area contributed by atoms with E-state index in [1.54, 1.807) is 0 Å². The summed E-state index contributed by atoms with van der Waals surface area (Å²) in [6.45, 7) is 9.29. The van der Waals surface area contributed by atoms with Crippen molar-refractivity contribution < 1.29 is 9.53 Å². The normalized spacial score (nSPS) is 23.5. The number of piperazine rings is 1. The lowest BCUT2D eigenvalue weighted by molar-refractivity contribution is 0.000110. The highest BCUT2D eigenvalue weighted by Crippen LogP contribution is 2.27. The third-order valence-corrected chi connectivity index (χ3v) is 3.38. The number of carbonyl (C=O) groups excluding carboxylic acids is 1. The van der Waals surface area contributed by atoms with Gasteiger partial charge >= 0.3 is 6.09 Å². The van der Waals surface area contributed by atoms with E-state index >= 15 is 0 Å². The molecule has 1 amide bonds. The largest absolute Gasteiger partial charge is 0.444 e. The maximum absolute atomic E-state index is 12.5. The molecule has 1 heterocycles. The highest BCUT2D eigenvalue weighted by molar-refractivity contribution is 5.69. The molecule has 0 aliphatic carbocycles. The van der Waals surface area contributed by atoms with Crippen LogP contribution in [0.5, 0.6) is 0 Å². The van der Waals surface area contributed by atoms with Crippen molar-refractivity contribution >= 4 is 6.09 Å². The van der Waals surface area contributed by atoms with E-state index in [2.05, 4.69) is 17.4 Å². The van der Waals surface area contributed by atoms with Gasteiger partial charge in [-0.05, 0) is 33.3 Å². The van der Waals surface area contributed by atoms with Gasteiger partial charge in [-0.3, -0.25) is 4.90 Å². The van der Waals surface area contributed by atoms with Crippen LogP contribution < -0.4 is 5.32 Å². The summed E-state index contributed by atoms with van der Waals surface area (Å²) < 4.78 is 5.56. The first-order valence-corrected chi connectivity index (χ1v) is 7.15. The zero-order valence-corrected chi connectivity index (χ0v) is 12.7. The Balaban J connectivity index is 2.23. The van der Waals surface area contributed by atoms with E-state index in [1.165, 1.54) is 0 Å². The molecular weight excluding hydrogens is 252 g/mol. The highest BCUT2D eigenvalue weighted by Gasteiger charge is 2.35. The van der Waals surface area contributed by atoms with Crippen LogP contribution in [0, 0.1) is 0 Å². The maximum Gasteiger partial charge on any atom is 0.411 e. The van der Waals surface area contributed by atoms with E-state index in [0.717, 1.165) is 18.7 Å². The Hall–Kier alpha value is -1.55. The van der Waals surface area contributed by atoms with Gasteiger partial charge in [0.2, 0.25) is 0 Å². The summed E-state index contributed by atoms with van der Waals surface area (Å²) >= 11 is 0. The van der Waals surface area contributed by atoms with Crippen LogP contribution in [0.25, 0.3) is 0 Å². The molecule has 2 rings (SSSR count). The Bertz CT molecular complexity index is 453. The van der Waals surface area contributed by atoms with Gasteiger partial charge in [0.1, 0.15) is 5.60 Å². The van der Waals surface area contributed by atoms with Gasteiger partial charge in [0, 0.05) is 19.1 Å². The summed E-state index contributed by atoms with van der Waals surface area (Å²) in [4.78, 5) is 14.3. The molecule has 0 aromatic heterocycles. The molecule has 1 N–H and O–H groups in total. The van der Waals surface area contributed by atoms with E-state index in [9.17, 15) is 4.79 Å². The number of benzene rings is 1. The Morgan fingerprint density at radius 1 is 1.25 bits per heavy atom. The SMILES string of the molecule is CC1CNCC(c2ccccc2)N1C(=O)OC(C)(C)C. The van der Waals surface area contributed by atoms with Crippen LogP contribution in [0.1, 0.15) is 39.3 Å². The summed E-state index contributed by atoms with van der Waals surface area (Å²) in [5.41, 5.74) is 0.667. The molecule has 0 radical (unpaired) electrons. The molecule has 2 unspecified atom stereocenters. The summed E-state index contributed by atoms with van der Waals surface area (Å²) in [6, 6.07) is 10.2. The van der Waals surface area contributed by atoms with Crippen LogP contribution in [0.15, 0.2) is 30.3 Å². The van der Waals surface area contributed by atoms with E-state index in [4.69, 9.17) is 4.74 Å². The lowest BCUT2D eigenvalue weighted by Crippen LogP contribution is -2.55. The first kappa shape index (κ1) is 14.9. The fourth-order valence-electron chi connectivity index (χ4n) is 2.51. The minimum absolute atomic E-state index is 0.0230. The molecule has 1 fully saturated rings. The standard InChI is InChI=1S/C16H24N2O2/c1-12-10-17-11-14(13-8-6-5-7-9-13)18(12)15(19)20-16(2,3)4/h5-9,12,14,17H,10-11H2,1-4H3. The Morgan fingerprint density at radius 3 is 2.50 bits per heavy atom. The number of hydrogen-bond acceptors (Lipinski definition) is 3. The molecule has 1 aromatic rings. The average molecular weight is 276 g/mol. The van der Waals surface area contributed by atoms with Gasteiger partial charge in [0.15, 0.2) is 0 Å². The number of amides is 1. The molecule has 110 valence electrons.